The molecule has 1 aliphatic heterocycles. The Balaban J connectivity index is 2.60. The quantitative estimate of drug-likeness (QED) is 0.474. The molecule has 0 aromatic rings. The van der Waals surface area contributed by atoms with Crippen molar-refractivity contribution in [3.05, 3.63) is 4.91 Å². The molecule has 1 rings (SSSR count). The van der Waals surface area contributed by atoms with Crippen molar-refractivity contribution < 1.29 is 14.9 Å². The number of hydrogen-bond donors (Lipinski definition) is 2. The fourth-order valence-electron chi connectivity index (χ4n) is 2.02. The number of aliphatic hydroxyl groups is 2. The Bertz CT molecular complexity index is 235. The van der Waals surface area contributed by atoms with Gasteiger partial charge in [-0.15, -0.1) is 0 Å². The summed E-state index contributed by atoms with van der Waals surface area (Å²) in [4.78, 5) is 12.6. The molecule has 0 spiro atoms. The molecule has 0 aromatic carbocycles. The zero-order valence-electron chi connectivity index (χ0n) is 9.91. The second-order valence-electron chi connectivity index (χ2n) is 4.35. The third-order valence-corrected chi connectivity index (χ3v) is 2.78. The second-order valence-corrected chi connectivity index (χ2v) is 4.35. The van der Waals surface area contributed by atoms with E-state index in [-0.39, 0.29) is 31.5 Å². The van der Waals surface area contributed by atoms with Gasteiger partial charge in [-0.2, -0.15) is 4.91 Å². The number of aliphatic hydroxyl groups excluding tert-OH is 2. The SMILES string of the molecule is CC(O)C(N=O)C1C(OCCO)N1C(C)C. The summed E-state index contributed by atoms with van der Waals surface area (Å²) in [5.74, 6) is 0. The monoisotopic (exact) mass is 232 g/mol. The average Bonchev–Trinajstić information content (AvgIpc) is 2.90. The minimum atomic E-state index is -0.786. The van der Waals surface area contributed by atoms with Crippen LogP contribution in [0.1, 0.15) is 20.8 Å². The minimum Gasteiger partial charge on any atom is -0.394 e. The number of hydrogen-bond acceptors (Lipinski definition) is 6. The van der Waals surface area contributed by atoms with Crippen LogP contribution in [-0.4, -0.2) is 58.8 Å². The van der Waals surface area contributed by atoms with Gasteiger partial charge in [0.15, 0.2) is 0 Å². The van der Waals surface area contributed by atoms with Crippen molar-refractivity contribution >= 4 is 0 Å². The predicted molar refractivity (Wildman–Crippen MR) is 58.9 cm³/mol. The summed E-state index contributed by atoms with van der Waals surface area (Å²) >= 11 is 0. The first-order valence-corrected chi connectivity index (χ1v) is 5.55. The lowest BCUT2D eigenvalue weighted by atomic mass is 10.1. The van der Waals surface area contributed by atoms with E-state index in [1.165, 1.54) is 0 Å². The van der Waals surface area contributed by atoms with E-state index in [1.54, 1.807) is 6.92 Å². The molecule has 0 amide bonds. The molecule has 6 heteroatoms. The maximum Gasteiger partial charge on any atom is 0.137 e. The van der Waals surface area contributed by atoms with Gasteiger partial charge in [0.25, 0.3) is 0 Å². The third-order valence-electron chi connectivity index (χ3n) is 2.78. The van der Waals surface area contributed by atoms with E-state index in [4.69, 9.17) is 9.84 Å². The predicted octanol–water partition coefficient (Wildman–Crippen LogP) is -0.0702. The molecule has 0 aliphatic carbocycles. The molecule has 1 saturated heterocycles. The molecule has 5 unspecified atom stereocenters. The Kier molecular flexibility index (Phi) is 4.79. The molecule has 1 fully saturated rings. The van der Waals surface area contributed by atoms with Gasteiger partial charge in [-0.3, -0.25) is 4.90 Å². The molecule has 5 atom stereocenters. The molecule has 2 N–H and O–H groups in total. The van der Waals surface area contributed by atoms with Gasteiger partial charge in [0.05, 0.1) is 25.4 Å². The van der Waals surface area contributed by atoms with Crippen LogP contribution >= 0.6 is 0 Å². The van der Waals surface area contributed by atoms with Gasteiger partial charge in [-0.05, 0) is 20.8 Å². The van der Waals surface area contributed by atoms with Crippen LogP contribution in [0.15, 0.2) is 5.18 Å². The molecular weight excluding hydrogens is 212 g/mol. The van der Waals surface area contributed by atoms with Crippen molar-refractivity contribution in [3.8, 4) is 0 Å². The van der Waals surface area contributed by atoms with Gasteiger partial charge >= 0.3 is 0 Å². The van der Waals surface area contributed by atoms with Gasteiger partial charge in [0.2, 0.25) is 0 Å². The van der Waals surface area contributed by atoms with Crippen LogP contribution in [0, 0.1) is 4.91 Å². The van der Waals surface area contributed by atoms with E-state index in [0.29, 0.717) is 0 Å². The number of ether oxygens (including phenoxy) is 1. The lowest BCUT2D eigenvalue weighted by Gasteiger charge is -2.12. The lowest BCUT2D eigenvalue weighted by Crippen LogP contribution is -2.30. The van der Waals surface area contributed by atoms with Gasteiger partial charge in [0.1, 0.15) is 12.3 Å². The van der Waals surface area contributed by atoms with Gasteiger partial charge in [-0.25, -0.2) is 0 Å². The summed E-state index contributed by atoms with van der Waals surface area (Å²) in [6, 6.07) is -0.633. The Morgan fingerprint density at radius 1 is 1.44 bits per heavy atom. The number of nitroso groups, excluding NO2 is 1. The molecule has 0 aromatic heterocycles. The van der Waals surface area contributed by atoms with E-state index >= 15 is 0 Å². The third kappa shape index (κ3) is 2.76. The summed E-state index contributed by atoms with van der Waals surface area (Å²) in [7, 11) is 0. The van der Waals surface area contributed by atoms with E-state index in [2.05, 4.69) is 5.18 Å². The Morgan fingerprint density at radius 2 is 2.06 bits per heavy atom. The van der Waals surface area contributed by atoms with Crippen LogP contribution < -0.4 is 0 Å². The first kappa shape index (κ1) is 13.5. The Labute approximate surface area is 95.2 Å². The van der Waals surface area contributed by atoms with Crippen LogP contribution in [0.4, 0.5) is 0 Å². The van der Waals surface area contributed by atoms with E-state index in [9.17, 15) is 10.0 Å². The highest BCUT2D eigenvalue weighted by Gasteiger charge is 2.56. The zero-order valence-corrected chi connectivity index (χ0v) is 9.91. The molecule has 6 nitrogen and oxygen atoms in total. The first-order chi connectivity index (χ1) is 7.54. The molecule has 94 valence electrons. The molecule has 1 heterocycles. The Hall–Kier alpha value is -0.560. The highest BCUT2D eigenvalue weighted by atomic mass is 16.5. The first-order valence-electron chi connectivity index (χ1n) is 5.55. The van der Waals surface area contributed by atoms with E-state index in [1.807, 2.05) is 18.7 Å². The number of nitrogens with zero attached hydrogens (tertiary/aromatic N) is 2. The molecule has 0 bridgehead atoms. The fourth-order valence-corrected chi connectivity index (χ4v) is 2.02. The Morgan fingerprint density at radius 3 is 2.44 bits per heavy atom. The molecule has 0 radical (unpaired) electrons. The van der Waals surface area contributed by atoms with Crippen molar-refractivity contribution in [3.63, 3.8) is 0 Å². The van der Waals surface area contributed by atoms with Crippen LogP contribution in [-0.2, 0) is 4.74 Å². The largest absolute Gasteiger partial charge is 0.394 e. The van der Waals surface area contributed by atoms with Crippen molar-refractivity contribution in [2.75, 3.05) is 13.2 Å². The van der Waals surface area contributed by atoms with Crippen LogP contribution in [0.2, 0.25) is 0 Å². The maximum atomic E-state index is 10.7. The van der Waals surface area contributed by atoms with E-state index < -0.39 is 12.1 Å². The van der Waals surface area contributed by atoms with Crippen molar-refractivity contribution in [1.29, 1.82) is 0 Å². The summed E-state index contributed by atoms with van der Waals surface area (Å²) in [6.07, 6.45) is -1.00. The fraction of sp³-hybridized carbons (Fsp3) is 1.00. The zero-order chi connectivity index (χ0) is 12.3. The lowest BCUT2D eigenvalue weighted by molar-refractivity contribution is 0.0465. The standard InChI is InChI=1S/C10H20N2O4/c1-6(2)12-9(8(11-15)7(3)14)10(12)16-5-4-13/h6-10,13-14H,4-5H2,1-3H3. The van der Waals surface area contributed by atoms with Crippen molar-refractivity contribution in [2.45, 2.75) is 51.2 Å². The molecular formula is C10H20N2O4. The molecule has 0 saturated carbocycles. The average molecular weight is 232 g/mol. The summed E-state index contributed by atoms with van der Waals surface area (Å²) in [5, 5.41) is 21.1. The normalized spacial score (nSPS) is 32.5. The number of rotatable bonds is 7. The summed E-state index contributed by atoms with van der Waals surface area (Å²) in [6.45, 7) is 5.70. The summed E-state index contributed by atoms with van der Waals surface area (Å²) in [5.41, 5.74) is 0. The van der Waals surface area contributed by atoms with Gasteiger partial charge in [0, 0.05) is 6.04 Å². The van der Waals surface area contributed by atoms with Crippen LogP contribution in [0.25, 0.3) is 0 Å². The van der Waals surface area contributed by atoms with Crippen molar-refractivity contribution in [1.82, 2.24) is 4.90 Å². The molecule has 1 aliphatic rings. The topological polar surface area (TPSA) is 82.1 Å². The van der Waals surface area contributed by atoms with Gasteiger partial charge in [-0.1, -0.05) is 5.18 Å². The molecule has 16 heavy (non-hydrogen) atoms. The van der Waals surface area contributed by atoms with Crippen LogP contribution in [0.5, 0.6) is 0 Å². The van der Waals surface area contributed by atoms with Crippen molar-refractivity contribution in [2.24, 2.45) is 5.18 Å². The smallest absolute Gasteiger partial charge is 0.137 e. The highest BCUT2D eigenvalue weighted by molar-refractivity contribution is 5.06. The minimum absolute atomic E-state index is 0.0526. The maximum absolute atomic E-state index is 10.7. The summed E-state index contributed by atoms with van der Waals surface area (Å²) < 4.78 is 5.39. The highest BCUT2D eigenvalue weighted by Crippen LogP contribution is 2.36. The van der Waals surface area contributed by atoms with Gasteiger partial charge < -0.3 is 14.9 Å². The van der Waals surface area contributed by atoms with Crippen LogP contribution in [0.3, 0.4) is 0 Å². The second kappa shape index (κ2) is 5.67. The van der Waals surface area contributed by atoms with E-state index in [0.717, 1.165) is 0 Å².